The highest BCUT2D eigenvalue weighted by atomic mass is 16.3. The molecule has 4 heteroatoms. The van der Waals surface area contributed by atoms with Crippen molar-refractivity contribution in [3.63, 3.8) is 0 Å². The highest BCUT2D eigenvalue weighted by Crippen LogP contribution is 2.53. The van der Waals surface area contributed by atoms with Gasteiger partial charge in [-0.05, 0) is 25.1 Å². The topological polar surface area (TPSA) is 44.3 Å². The number of anilines is 2. The molecule has 3 aromatic carbocycles. The Bertz CT molecular complexity index is 879. The average molecular weight is 318 g/mol. The fraction of sp³-hybridized carbons (Fsp3) is 0.100. The van der Waals surface area contributed by atoms with Crippen molar-refractivity contribution in [3.05, 3.63) is 72.8 Å². The molecule has 1 aliphatic rings. The van der Waals surface area contributed by atoms with Crippen molar-refractivity contribution in [3.8, 4) is 5.75 Å². The lowest BCUT2D eigenvalue weighted by molar-refractivity contribution is 0.390. The van der Waals surface area contributed by atoms with Crippen LogP contribution in [0.15, 0.2) is 72.8 Å². The highest BCUT2D eigenvalue weighted by molar-refractivity contribution is 5.92. The van der Waals surface area contributed by atoms with Gasteiger partial charge in [-0.2, -0.15) is 5.43 Å². The van der Waals surface area contributed by atoms with Crippen molar-refractivity contribution in [1.29, 1.82) is 0 Å². The van der Waals surface area contributed by atoms with Gasteiger partial charge in [0, 0.05) is 30.8 Å². The average Bonchev–Trinajstić information content (AvgIpc) is 2.63. The molecule has 0 bridgehead atoms. The summed E-state index contributed by atoms with van der Waals surface area (Å²) in [4.78, 5) is 0. The van der Waals surface area contributed by atoms with Gasteiger partial charge in [0.05, 0.1) is 0 Å². The summed E-state index contributed by atoms with van der Waals surface area (Å²) in [6.07, 6.45) is 0. The number of hydrogen-bond donors (Lipinski definition) is 3. The molecule has 24 heavy (non-hydrogen) atoms. The Hall–Kier alpha value is -2.82. The standard InChI is InChI=1S/C20H19N3O/c1-2-21-23(15-8-4-3-5-9-15)19-11-7-6-10-17(19)22-18-13-12-16(24)14-20(18)23/h3-14,21-22H,2H2,1H3/p+1. The van der Waals surface area contributed by atoms with E-state index in [1.807, 2.05) is 42.5 Å². The quantitative estimate of drug-likeness (QED) is 0.473. The molecule has 3 N–H and O–H groups in total. The summed E-state index contributed by atoms with van der Waals surface area (Å²) in [6.45, 7) is 2.87. The minimum atomic E-state index is 0.256. The lowest BCUT2D eigenvalue weighted by Crippen LogP contribution is -2.52. The van der Waals surface area contributed by atoms with Crippen LogP contribution in [0.1, 0.15) is 6.92 Å². The van der Waals surface area contributed by atoms with E-state index in [2.05, 4.69) is 41.9 Å². The summed E-state index contributed by atoms with van der Waals surface area (Å²) < 4.78 is 0.365. The predicted molar refractivity (Wildman–Crippen MR) is 99.1 cm³/mol. The van der Waals surface area contributed by atoms with Crippen LogP contribution in [-0.4, -0.2) is 11.7 Å². The fourth-order valence-electron chi connectivity index (χ4n) is 3.48. The van der Waals surface area contributed by atoms with Crippen molar-refractivity contribution < 1.29 is 5.11 Å². The van der Waals surface area contributed by atoms with Gasteiger partial charge in [-0.15, -0.1) is 4.59 Å². The number of phenolic OH excluding ortho intramolecular Hbond substituents is 1. The summed E-state index contributed by atoms with van der Waals surface area (Å²) in [7, 11) is 0. The van der Waals surface area contributed by atoms with Crippen LogP contribution in [0, 0.1) is 0 Å². The molecular weight excluding hydrogens is 298 g/mol. The number of fused-ring (bicyclic) bond motifs is 2. The number of nitrogens with one attached hydrogen (secondary N) is 2. The summed E-state index contributed by atoms with van der Waals surface area (Å²) in [5.41, 5.74) is 8.85. The molecule has 4 nitrogen and oxygen atoms in total. The number of benzene rings is 3. The number of nitrogens with zero attached hydrogens (tertiary/aromatic N) is 1. The van der Waals surface area contributed by atoms with Crippen LogP contribution in [0.3, 0.4) is 0 Å². The second-order valence-corrected chi connectivity index (χ2v) is 5.86. The normalized spacial score (nSPS) is 18.4. The number of phenols is 1. The maximum Gasteiger partial charge on any atom is 0.190 e. The monoisotopic (exact) mass is 318 g/mol. The first kappa shape index (κ1) is 14.8. The Morgan fingerprint density at radius 1 is 0.875 bits per heavy atom. The lowest BCUT2D eigenvalue weighted by Gasteiger charge is -2.41. The van der Waals surface area contributed by atoms with E-state index in [1.54, 1.807) is 6.07 Å². The van der Waals surface area contributed by atoms with Gasteiger partial charge in [0.25, 0.3) is 0 Å². The van der Waals surface area contributed by atoms with E-state index in [-0.39, 0.29) is 5.75 Å². The van der Waals surface area contributed by atoms with Crippen LogP contribution >= 0.6 is 0 Å². The first-order chi connectivity index (χ1) is 11.8. The first-order valence-electron chi connectivity index (χ1n) is 8.15. The van der Waals surface area contributed by atoms with Crippen molar-refractivity contribution in [1.82, 2.24) is 10.0 Å². The third kappa shape index (κ3) is 2.08. The zero-order valence-electron chi connectivity index (χ0n) is 13.5. The summed E-state index contributed by atoms with van der Waals surface area (Å²) in [5, 5.41) is 13.6. The van der Waals surface area contributed by atoms with Crippen LogP contribution in [0.2, 0.25) is 0 Å². The molecule has 0 aromatic heterocycles. The summed E-state index contributed by atoms with van der Waals surface area (Å²) >= 11 is 0. The van der Waals surface area contributed by atoms with Crippen LogP contribution in [0.4, 0.5) is 28.4 Å². The number of rotatable bonds is 3. The molecule has 4 rings (SSSR count). The Balaban J connectivity index is 2.09. The molecule has 0 saturated heterocycles. The van der Waals surface area contributed by atoms with E-state index >= 15 is 0 Å². The molecule has 1 atom stereocenters. The third-order valence-electron chi connectivity index (χ3n) is 4.42. The molecule has 1 heterocycles. The zero-order valence-corrected chi connectivity index (χ0v) is 13.5. The minimum absolute atomic E-state index is 0.256. The van der Waals surface area contributed by atoms with Crippen molar-refractivity contribution in [2.75, 3.05) is 11.9 Å². The molecular formula is C20H20N3O+. The third-order valence-corrected chi connectivity index (χ3v) is 4.42. The van der Waals surface area contributed by atoms with E-state index in [1.165, 1.54) is 0 Å². The van der Waals surface area contributed by atoms with Crippen LogP contribution in [0.25, 0.3) is 0 Å². The highest BCUT2D eigenvalue weighted by Gasteiger charge is 2.43. The molecule has 0 saturated carbocycles. The molecule has 0 fully saturated rings. The maximum absolute atomic E-state index is 10.1. The Kier molecular flexibility index (Phi) is 3.49. The van der Waals surface area contributed by atoms with Gasteiger partial charge >= 0.3 is 0 Å². The summed E-state index contributed by atoms with van der Waals surface area (Å²) in [6, 6.07) is 24.1. The summed E-state index contributed by atoms with van der Waals surface area (Å²) in [5.74, 6) is 0.256. The number of hydrogen-bond acceptors (Lipinski definition) is 3. The lowest BCUT2D eigenvalue weighted by atomic mass is 10.1. The van der Waals surface area contributed by atoms with E-state index in [4.69, 9.17) is 0 Å². The minimum Gasteiger partial charge on any atom is -0.508 e. The molecule has 1 aliphatic heterocycles. The van der Waals surface area contributed by atoms with Gasteiger partial charge in [0.2, 0.25) is 0 Å². The Labute approximate surface area is 141 Å². The maximum atomic E-state index is 10.1. The van der Waals surface area contributed by atoms with Gasteiger partial charge in [-0.25, -0.2) is 0 Å². The Morgan fingerprint density at radius 3 is 2.38 bits per heavy atom. The van der Waals surface area contributed by atoms with Crippen molar-refractivity contribution >= 4 is 28.4 Å². The van der Waals surface area contributed by atoms with E-state index in [9.17, 15) is 5.11 Å². The number of quaternary nitrogens is 1. The van der Waals surface area contributed by atoms with Crippen LogP contribution in [0.5, 0.6) is 5.75 Å². The molecule has 3 aromatic rings. The van der Waals surface area contributed by atoms with Crippen LogP contribution in [-0.2, 0) is 0 Å². The van der Waals surface area contributed by atoms with E-state index in [0.29, 0.717) is 4.59 Å². The second kappa shape index (κ2) is 5.67. The molecule has 120 valence electrons. The molecule has 0 aliphatic carbocycles. The van der Waals surface area contributed by atoms with Crippen LogP contribution < -0.4 is 15.3 Å². The number of aromatic hydroxyl groups is 1. The molecule has 1 unspecified atom stereocenters. The molecule has 0 amide bonds. The van der Waals surface area contributed by atoms with Gasteiger partial charge in [0.15, 0.2) is 17.1 Å². The first-order valence-corrected chi connectivity index (χ1v) is 8.15. The van der Waals surface area contributed by atoms with Gasteiger partial charge in [-0.1, -0.05) is 30.3 Å². The predicted octanol–water partition coefficient (Wildman–Crippen LogP) is 4.94. The molecule has 0 radical (unpaired) electrons. The van der Waals surface area contributed by atoms with Gasteiger partial charge in [-0.3, -0.25) is 0 Å². The fourth-order valence-corrected chi connectivity index (χ4v) is 3.48. The Morgan fingerprint density at radius 2 is 1.58 bits per heavy atom. The molecule has 0 spiro atoms. The van der Waals surface area contributed by atoms with Crippen molar-refractivity contribution in [2.45, 2.75) is 6.92 Å². The smallest absolute Gasteiger partial charge is 0.190 e. The van der Waals surface area contributed by atoms with E-state index in [0.717, 1.165) is 35.0 Å². The van der Waals surface area contributed by atoms with Gasteiger partial charge < -0.3 is 10.4 Å². The zero-order chi connectivity index (χ0) is 16.6. The van der Waals surface area contributed by atoms with Gasteiger partial charge in [0.1, 0.15) is 17.1 Å². The number of para-hydroxylation sites is 3. The van der Waals surface area contributed by atoms with Crippen molar-refractivity contribution in [2.24, 2.45) is 0 Å². The second-order valence-electron chi connectivity index (χ2n) is 5.86. The SMILES string of the molecule is CCN[N+]1(c2ccccc2)c2ccccc2Nc2ccc(O)cc21. The van der Waals surface area contributed by atoms with E-state index < -0.39 is 0 Å². The largest absolute Gasteiger partial charge is 0.508 e.